The Labute approximate surface area is 519 Å². The molecule has 5 N–H and O–H groups in total. The Morgan fingerprint density at radius 2 is 1.49 bits per heavy atom. The topological polar surface area (TPSA) is 285 Å². The smallest absolute Gasteiger partial charge is 0.343 e. The highest BCUT2D eigenvalue weighted by atomic mass is 19.1. The van der Waals surface area contributed by atoms with Gasteiger partial charge in [0.1, 0.15) is 24.6 Å². The number of nitrogens with one attached hydrogen (secondary N) is 4. The van der Waals surface area contributed by atoms with Crippen molar-refractivity contribution in [2.75, 3.05) is 19.7 Å². The standard InChI is InChI=1S/C69H73FN6O14/c1-6-69(87)50-32-55-64-47(35-76(55)66(85)49(50)37-89-67(69)86)63-52(24-23-42-38(2)51(70)33-54(75-64)62(42)63)73-58(80)21-14-28-71-57(79)27-25-56(78)53(29-39-15-8-7-9-16-39)74-59(81)26-22-41(77)34-72-65(84)40(31-61(83)90-68(3,4)5)30-60(82)88-36-48-45-19-12-10-17-43(45)44-18-11-13-20-46(44)48/h7-13,15-20,32-33,40,48,52-53,87H,6,14,21-31,34-37H2,1-5H3,(H,71,79)(H,72,84)(H,73,80)(H,74,81)/t40?,52?,53-,69-/m0/s1. The highest BCUT2D eigenvalue weighted by Crippen LogP contribution is 2.47. The summed E-state index contributed by atoms with van der Waals surface area (Å²) < 4.78 is 33.4. The molecule has 0 spiro atoms. The van der Waals surface area contributed by atoms with E-state index in [4.69, 9.17) is 19.2 Å². The lowest BCUT2D eigenvalue weighted by molar-refractivity contribution is -0.172. The van der Waals surface area contributed by atoms with Gasteiger partial charge in [-0.3, -0.25) is 43.2 Å². The molecule has 6 aromatic rings. The van der Waals surface area contributed by atoms with Crippen LogP contribution in [0, 0.1) is 18.7 Å². The number of ether oxygens (including phenoxy) is 3. The maximum Gasteiger partial charge on any atom is 0.343 e. The Bertz CT molecular complexity index is 3900. The number of Topliss-reactive ketones (excluding diaryl/α,β-unsaturated/α-hetero) is 2. The predicted octanol–water partition coefficient (Wildman–Crippen LogP) is 7.16. The number of benzene rings is 4. The number of aromatic nitrogens is 2. The molecule has 90 heavy (non-hydrogen) atoms. The summed E-state index contributed by atoms with van der Waals surface area (Å²) in [6.45, 7) is 7.67. The number of hydrogen-bond acceptors (Lipinski definition) is 15. The number of fused-ring (bicyclic) bond motifs is 8. The molecular weight excluding hydrogens is 1160 g/mol. The molecule has 4 atom stereocenters. The van der Waals surface area contributed by atoms with Crippen molar-refractivity contribution >= 4 is 64.0 Å². The molecule has 0 saturated carbocycles. The van der Waals surface area contributed by atoms with Crippen LogP contribution in [0.1, 0.15) is 154 Å². The number of aryl methyl sites for hydroxylation is 1. The molecular formula is C69H73FN6O14. The highest BCUT2D eigenvalue weighted by molar-refractivity contribution is 5.96. The molecule has 4 aromatic carbocycles. The SMILES string of the molecule is CC[C@@]1(O)C(=O)OCc2c1cc1n(c2=O)Cc2c-1nc1cc(F)c(C)c3c1c2C(NC(=O)CCCNC(=O)CCC(=O)[C@H](Cc1ccccc1)NC(=O)CCC(=O)CNC(=O)C(CC(=O)OCC1c2ccccc2-c2ccccc21)CC(=O)OC(C)(C)C)CC3. The Morgan fingerprint density at radius 3 is 2.19 bits per heavy atom. The van der Waals surface area contributed by atoms with Gasteiger partial charge in [-0.05, 0) is 110 Å². The molecule has 0 bridgehead atoms. The summed E-state index contributed by atoms with van der Waals surface area (Å²) in [5.74, 6) is -7.36. The minimum absolute atomic E-state index is 0.00155. The third-order valence-corrected chi connectivity index (χ3v) is 17.3. The van der Waals surface area contributed by atoms with Crippen molar-refractivity contribution < 1.29 is 66.9 Å². The highest BCUT2D eigenvalue weighted by Gasteiger charge is 2.46. The van der Waals surface area contributed by atoms with Crippen molar-refractivity contribution in [3.8, 4) is 22.5 Å². The first-order chi connectivity index (χ1) is 43.0. The second-order valence-corrected chi connectivity index (χ2v) is 24.6. The van der Waals surface area contributed by atoms with Crippen molar-refractivity contribution in [2.45, 2.75) is 154 Å². The van der Waals surface area contributed by atoms with Gasteiger partial charge >= 0.3 is 17.9 Å². The third kappa shape index (κ3) is 13.8. The molecule has 0 fully saturated rings. The van der Waals surface area contributed by atoms with E-state index < -0.39 is 107 Å². The number of nitrogens with zero attached hydrogens (tertiary/aromatic N) is 2. The molecule has 2 aliphatic heterocycles. The lowest BCUT2D eigenvalue weighted by Gasteiger charge is -2.31. The molecule has 2 unspecified atom stereocenters. The van der Waals surface area contributed by atoms with E-state index in [0.29, 0.717) is 51.8 Å². The fraction of sp³-hybridized carbons (Fsp3) is 0.406. The maximum absolute atomic E-state index is 15.5. The Morgan fingerprint density at radius 1 is 0.811 bits per heavy atom. The van der Waals surface area contributed by atoms with Crippen LogP contribution in [0.25, 0.3) is 33.4 Å². The van der Waals surface area contributed by atoms with Crippen molar-refractivity contribution in [1.82, 2.24) is 30.8 Å². The zero-order chi connectivity index (χ0) is 64.2. The zero-order valence-corrected chi connectivity index (χ0v) is 51.0. The van der Waals surface area contributed by atoms with E-state index in [0.717, 1.165) is 33.4 Å². The zero-order valence-electron chi connectivity index (χ0n) is 51.0. The number of ketones is 2. The molecule has 4 aliphatic rings. The van der Waals surface area contributed by atoms with Gasteiger partial charge in [-0.25, -0.2) is 14.2 Å². The van der Waals surface area contributed by atoms with E-state index in [1.54, 1.807) is 71.0 Å². The predicted molar refractivity (Wildman–Crippen MR) is 327 cm³/mol. The van der Waals surface area contributed by atoms with Gasteiger partial charge in [0.2, 0.25) is 23.6 Å². The van der Waals surface area contributed by atoms with Gasteiger partial charge in [-0.2, -0.15) is 0 Å². The summed E-state index contributed by atoms with van der Waals surface area (Å²) in [7, 11) is 0. The molecule has 4 amide bonds. The third-order valence-electron chi connectivity index (χ3n) is 17.3. The fourth-order valence-corrected chi connectivity index (χ4v) is 12.7. The van der Waals surface area contributed by atoms with Crippen LogP contribution in [-0.4, -0.2) is 99.1 Å². The van der Waals surface area contributed by atoms with Gasteiger partial charge in [-0.15, -0.1) is 0 Å². The second kappa shape index (κ2) is 26.8. The fourth-order valence-electron chi connectivity index (χ4n) is 12.7. The summed E-state index contributed by atoms with van der Waals surface area (Å²) in [6, 6.07) is 25.9. The lowest BCUT2D eigenvalue weighted by atomic mass is 9.81. The number of cyclic esters (lactones) is 1. The number of esters is 3. The van der Waals surface area contributed by atoms with Gasteiger partial charge in [0.05, 0.1) is 66.4 Å². The Balaban J connectivity index is 0.699. The normalized spacial score (nSPS) is 16.7. The largest absolute Gasteiger partial charge is 0.465 e. The number of hydrogen-bond donors (Lipinski definition) is 5. The van der Waals surface area contributed by atoms with Crippen molar-refractivity contribution in [3.63, 3.8) is 0 Å². The van der Waals surface area contributed by atoms with Crippen LogP contribution in [0.3, 0.4) is 0 Å². The van der Waals surface area contributed by atoms with Crippen LogP contribution in [0.4, 0.5) is 4.39 Å². The summed E-state index contributed by atoms with van der Waals surface area (Å²) in [6.07, 6.45) is -0.906. The number of pyridine rings is 2. The van der Waals surface area contributed by atoms with E-state index >= 15 is 4.39 Å². The number of carbonyl (C=O) groups excluding carboxylic acids is 9. The molecule has 21 heteroatoms. The van der Waals surface area contributed by atoms with Crippen LogP contribution >= 0.6 is 0 Å². The minimum Gasteiger partial charge on any atom is -0.465 e. The average molecular weight is 1230 g/mol. The Kier molecular flexibility index (Phi) is 19.0. The molecule has 2 aromatic heterocycles. The molecule has 470 valence electrons. The molecule has 20 nitrogen and oxygen atoms in total. The van der Waals surface area contributed by atoms with Crippen molar-refractivity contribution in [3.05, 3.63) is 157 Å². The quantitative estimate of drug-likeness (QED) is 0.0216. The van der Waals surface area contributed by atoms with Crippen LogP contribution in [0.2, 0.25) is 0 Å². The Hall–Kier alpha value is -9.24. The number of halogens is 1. The van der Waals surface area contributed by atoms with E-state index in [2.05, 4.69) is 21.3 Å². The van der Waals surface area contributed by atoms with Gasteiger partial charge < -0.3 is 45.2 Å². The van der Waals surface area contributed by atoms with Crippen LogP contribution in [-0.2, 0) is 89.0 Å². The average Bonchev–Trinajstić information content (AvgIpc) is 1.46. The molecule has 0 radical (unpaired) electrons. The van der Waals surface area contributed by atoms with Crippen LogP contribution in [0.15, 0.2) is 95.8 Å². The number of amides is 4. The van der Waals surface area contributed by atoms with Crippen LogP contribution < -0.4 is 26.8 Å². The van der Waals surface area contributed by atoms with Gasteiger partial charge in [0, 0.05) is 67.1 Å². The number of rotatable bonds is 25. The number of aliphatic hydroxyl groups is 1. The van der Waals surface area contributed by atoms with Crippen molar-refractivity contribution in [1.29, 1.82) is 0 Å². The summed E-state index contributed by atoms with van der Waals surface area (Å²) in [5, 5.41) is 23.2. The minimum atomic E-state index is -2.05. The maximum atomic E-state index is 15.5. The first-order valence-corrected chi connectivity index (χ1v) is 30.6. The van der Waals surface area contributed by atoms with Gasteiger partial charge in [0.25, 0.3) is 5.56 Å². The van der Waals surface area contributed by atoms with E-state index in [-0.39, 0.29) is 101 Å². The van der Waals surface area contributed by atoms with Gasteiger partial charge in [0.15, 0.2) is 17.2 Å². The molecule has 2 aliphatic carbocycles. The number of carbonyl (C=O) groups is 9. The molecule has 10 rings (SSSR count). The van der Waals surface area contributed by atoms with Crippen LogP contribution in [0.5, 0.6) is 0 Å². The van der Waals surface area contributed by atoms with Crippen molar-refractivity contribution in [2.24, 2.45) is 5.92 Å². The summed E-state index contributed by atoms with van der Waals surface area (Å²) in [5.41, 5.74) is 5.36. The molecule has 0 saturated heterocycles. The monoisotopic (exact) mass is 1230 g/mol. The lowest BCUT2D eigenvalue weighted by Crippen LogP contribution is -2.44. The first kappa shape index (κ1) is 63.8. The van der Waals surface area contributed by atoms with Gasteiger partial charge in [-0.1, -0.05) is 85.8 Å². The van der Waals surface area contributed by atoms with E-state index in [9.17, 15) is 53.1 Å². The van der Waals surface area contributed by atoms with E-state index in [1.807, 2.05) is 48.5 Å². The summed E-state index contributed by atoms with van der Waals surface area (Å²) >= 11 is 0. The summed E-state index contributed by atoms with van der Waals surface area (Å²) in [4.78, 5) is 139. The van der Waals surface area contributed by atoms with E-state index in [1.165, 1.54) is 10.6 Å². The molecule has 4 heterocycles. The first-order valence-electron chi connectivity index (χ1n) is 30.6. The second-order valence-electron chi connectivity index (χ2n) is 24.6.